The number of carbonyl (C=O) groups is 1. The summed E-state index contributed by atoms with van der Waals surface area (Å²) < 4.78 is 21.7. The molecule has 2 N–H and O–H groups in total. The normalized spacial score (nSPS) is 20.1. The summed E-state index contributed by atoms with van der Waals surface area (Å²) in [4.78, 5) is 11.7. The number of Topliss-reactive ketones (excluding diaryl/α,β-unsaturated/α-hetero) is 1. The first kappa shape index (κ1) is 11.7. The molecule has 0 aromatic heterocycles. The molecule has 1 rings (SSSR count). The maximum absolute atomic E-state index is 11.7. The Kier molecular flexibility index (Phi) is 3.32. The van der Waals surface area contributed by atoms with Gasteiger partial charge in [0.05, 0.1) is 5.75 Å². The van der Waals surface area contributed by atoms with Crippen LogP contribution in [0.4, 0.5) is 0 Å². The monoisotopic (exact) mass is 219 g/mol. The molecule has 0 aromatic rings. The molecule has 0 unspecified atom stereocenters. The molecular weight excluding hydrogens is 202 g/mol. The van der Waals surface area contributed by atoms with Crippen molar-refractivity contribution in [2.45, 2.75) is 25.7 Å². The summed E-state index contributed by atoms with van der Waals surface area (Å²) in [5, 5.41) is 0. The van der Waals surface area contributed by atoms with Gasteiger partial charge in [-0.2, -0.15) is 0 Å². The molecular formula is C9H17NO3S. The zero-order valence-corrected chi connectivity index (χ0v) is 9.27. The van der Waals surface area contributed by atoms with Gasteiger partial charge < -0.3 is 5.73 Å². The van der Waals surface area contributed by atoms with E-state index in [1.54, 1.807) is 0 Å². The molecule has 0 bridgehead atoms. The van der Waals surface area contributed by atoms with Crippen LogP contribution in [0.5, 0.6) is 0 Å². The topological polar surface area (TPSA) is 77.2 Å². The van der Waals surface area contributed by atoms with E-state index in [4.69, 9.17) is 5.73 Å². The van der Waals surface area contributed by atoms with Crippen LogP contribution in [0.3, 0.4) is 0 Å². The van der Waals surface area contributed by atoms with Crippen LogP contribution in [-0.4, -0.2) is 32.8 Å². The van der Waals surface area contributed by atoms with Crippen LogP contribution >= 0.6 is 0 Å². The van der Waals surface area contributed by atoms with Gasteiger partial charge in [-0.05, 0) is 12.8 Å². The van der Waals surface area contributed by atoms with Gasteiger partial charge in [0.2, 0.25) is 0 Å². The molecule has 5 heteroatoms. The summed E-state index contributed by atoms with van der Waals surface area (Å²) in [6, 6.07) is 0. The lowest BCUT2D eigenvalue weighted by atomic mass is 9.65. The first-order valence-corrected chi connectivity index (χ1v) is 6.87. The maximum atomic E-state index is 11.7. The van der Waals surface area contributed by atoms with E-state index < -0.39 is 9.84 Å². The molecule has 0 saturated heterocycles. The molecule has 0 aliphatic heterocycles. The molecule has 0 spiro atoms. The quantitative estimate of drug-likeness (QED) is 0.712. The van der Waals surface area contributed by atoms with Crippen molar-refractivity contribution in [1.82, 2.24) is 0 Å². The van der Waals surface area contributed by atoms with Gasteiger partial charge in [-0.3, -0.25) is 4.79 Å². The fourth-order valence-electron chi connectivity index (χ4n) is 1.74. The van der Waals surface area contributed by atoms with Crippen LogP contribution in [0.2, 0.25) is 0 Å². The lowest BCUT2D eigenvalue weighted by Gasteiger charge is -2.39. The van der Waals surface area contributed by atoms with Crippen molar-refractivity contribution in [3.8, 4) is 0 Å². The van der Waals surface area contributed by atoms with Gasteiger partial charge in [0, 0.05) is 24.6 Å². The fourth-order valence-corrected chi connectivity index (χ4v) is 2.30. The lowest BCUT2D eigenvalue weighted by molar-refractivity contribution is -0.132. The number of hydrogen-bond donors (Lipinski definition) is 1. The van der Waals surface area contributed by atoms with Gasteiger partial charge in [-0.1, -0.05) is 6.42 Å². The van der Waals surface area contributed by atoms with Gasteiger partial charge in [-0.15, -0.1) is 0 Å². The predicted molar refractivity (Wildman–Crippen MR) is 54.7 cm³/mol. The molecule has 1 aliphatic carbocycles. The summed E-state index contributed by atoms with van der Waals surface area (Å²) in [5.41, 5.74) is 5.15. The maximum Gasteiger partial charge on any atom is 0.147 e. The SMILES string of the molecule is CS(=O)(=O)CCC(=O)C1(CN)CCC1. The van der Waals surface area contributed by atoms with Crippen molar-refractivity contribution in [1.29, 1.82) is 0 Å². The average Bonchev–Trinajstić information content (AvgIpc) is 1.98. The number of sulfone groups is 1. The van der Waals surface area contributed by atoms with Crippen molar-refractivity contribution < 1.29 is 13.2 Å². The van der Waals surface area contributed by atoms with E-state index in [2.05, 4.69) is 0 Å². The summed E-state index contributed by atoms with van der Waals surface area (Å²) in [5.74, 6) is -0.0233. The summed E-state index contributed by atoms with van der Waals surface area (Å²) in [7, 11) is -3.03. The Morgan fingerprint density at radius 3 is 2.29 bits per heavy atom. The van der Waals surface area contributed by atoms with Crippen LogP contribution in [0.1, 0.15) is 25.7 Å². The number of carbonyl (C=O) groups excluding carboxylic acids is 1. The molecule has 14 heavy (non-hydrogen) atoms. The largest absolute Gasteiger partial charge is 0.329 e. The molecule has 1 saturated carbocycles. The number of rotatable bonds is 5. The zero-order valence-electron chi connectivity index (χ0n) is 8.45. The standard InChI is InChI=1S/C9H17NO3S/c1-14(12,13)6-3-8(11)9(7-10)4-2-5-9/h2-7,10H2,1H3. The minimum absolute atomic E-state index is 0.0247. The van der Waals surface area contributed by atoms with Gasteiger partial charge >= 0.3 is 0 Å². The lowest BCUT2D eigenvalue weighted by Crippen LogP contribution is -2.44. The third kappa shape index (κ3) is 2.54. The predicted octanol–water partition coefficient (Wildman–Crippen LogP) is 0.119. The second-order valence-corrected chi connectivity index (χ2v) is 6.40. The van der Waals surface area contributed by atoms with Gasteiger partial charge in [-0.25, -0.2) is 8.42 Å². The second-order valence-electron chi connectivity index (χ2n) is 4.14. The van der Waals surface area contributed by atoms with E-state index in [-0.39, 0.29) is 23.4 Å². The minimum atomic E-state index is -3.03. The Morgan fingerprint density at radius 1 is 1.43 bits per heavy atom. The highest BCUT2D eigenvalue weighted by atomic mass is 32.2. The Bertz CT molecular complexity index is 311. The van der Waals surface area contributed by atoms with Crippen LogP contribution in [0.25, 0.3) is 0 Å². The van der Waals surface area contributed by atoms with E-state index in [0.29, 0.717) is 6.54 Å². The smallest absolute Gasteiger partial charge is 0.147 e. The van der Waals surface area contributed by atoms with Gasteiger partial charge in [0.15, 0.2) is 0 Å². The molecule has 82 valence electrons. The second kappa shape index (κ2) is 3.98. The van der Waals surface area contributed by atoms with E-state index in [9.17, 15) is 13.2 Å². The minimum Gasteiger partial charge on any atom is -0.329 e. The zero-order chi connectivity index (χ0) is 10.8. The van der Waals surface area contributed by atoms with E-state index >= 15 is 0 Å². The van der Waals surface area contributed by atoms with Crippen molar-refractivity contribution in [3.05, 3.63) is 0 Å². The number of ketones is 1. The molecule has 1 aliphatic rings. The highest BCUT2D eigenvalue weighted by Crippen LogP contribution is 2.41. The van der Waals surface area contributed by atoms with Crippen molar-refractivity contribution in [2.75, 3.05) is 18.6 Å². The van der Waals surface area contributed by atoms with Crippen LogP contribution < -0.4 is 5.73 Å². The molecule has 0 amide bonds. The van der Waals surface area contributed by atoms with E-state index in [1.165, 1.54) is 0 Å². The van der Waals surface area contributed by atoms with Crippen LogP contribution in [-0.2, 0) is 14.6 Å². The molecule has 1 fully saturated rings. The third-order valence-corrected chi connectivity index (χ3v) is 3.94. The molecule has 0 atom stereocenters. The van der Waals surface area contributed by atoms with Crippen molar-refractivity contribution in [3.63, 3.8) is 0 Å². The first-order valence-electron chi connectivity index (χ1n) is 4.81. The Hall–Kier alpha value is -0.420. The average molecular weight is 219 g/mol. The highest BCUT2D eigenvalue weighted by Gasteiger charge is 2.41. The van der Waals surface area contributed by atoms with Crippen LogP contribution in [0.15, 0.2) is 0 Å². The van der Waals surface area contributed by atoms with Crippen LogP contribution in [0, 0.1) is 5.41 Å². The Balaban J connectivity index is 2.50. The van der Waals surface area contributed by atoms with Crippen molar-refractivity contribution in [2.24, 2.45) is 11.1 Å². The molecule has 0 radical (unpaired) electrons. The molecule has 0 aromatic carbocycles. The summed E-state index contributed by atoms with van der Waals surface area (Å²) in [6.45, 7) is 0.357. The fraction of sp³-hybridized carbons (Fsp3) is 0.889. The molecule has 4 nitrogen and oxygen atoms in total. The number of nitrogens with two attached hydrogens (primary N) is 1. The van der Waals surface area contributed by atoms with E-state index in [0.717, 1.165) is 25.5 Å². The van der Waals surface area contributed by atoms with Gasteiger partial charge in [0.25, 0.3) is 0 Å². The van der Waals surface area contributed by atoms with E-state index in [1.807, 2.05) is 0 Å². The third-order valence-electron chi connectivity index (χ3n) is 2.99. The highest BCUT2D eigenvalue weighted by molar-refractivity contribution is 7.90. The van der Waals surface area contributed by atoms with Gasteiger partial charge in [0.1, 0.15) is 15.6 Å². The van der Waals surface area contributed by atoms with Crippen molar-refractivity contribution >= 4 is 15.6 Å². The first-order chi connectivity index (χ1) is 6.40. The Labute approximate surface area is 84.8 Å². The summed E-state index contributed by atoms with van der Waals surface area (Å²) in [6.07, 6.45) is 3.95. The number of hydrogen-bond acceptors (Lipinski definition) is 4. The Morgan fingerprint density at radius 2 is 2.00 bits per heavy atom. The molecule has 0 heterocycles. The summed E-state index contributed by atoms with van der Waals surface area (Å²) >= 11 is 0.